The molecule has 4 aromatic rings. The van der Waals surface area contributed by atoms with Crippen LogP contribution in [0.5, 0.6) is 0 Å². The molecule has 4 rings (SSSR count). The Kier molecular flexibility index (Phi) is 4.45. The minimum Gasteiger partial charge on any atom is -0.467 e. The van der Waals surface area contributed by atoms with Gasteiger partial charge in [-0.25, -0.2) is 4.98 Å². The molecule has 3 heterocycles. The zero-order chi connectivity index (χ0) is 17.1. The van der Waals surface area contributed by atoms with Gasteiger partial charge in [0.15, 0.2) is 0 Å². The minimum atomic E-state index is -0.137. The molecule has 6 heteroatoms. The fourth-order valence-corrected chi connectivity index (χ4v) is 4.08. The molecule has 0 unspecified atom stereocenters. The molecule has 3 aromatic heterocycles. The summed E-state index contributed by atoms with van der Waals surface area (Å²) in [5, 5.41) is 4.69. The monoisotopic (exact) mass is 366 g/mol. The Morgan fingerprint density at radius 1 is 1.04 bits per heavy atom. The maximum Gasteiger partial charge on any atom is 0.278 e. The number of hydrogen-bond acceptors (Lipinski definition) is 5. The zero-order valence-corrected chi connectivity index (χ0v) is 14.8. The Morgan fingerprint density at radius 3 is 2.64 bits per heavy atom. The molecule has 0 aliphatic heterocycles. The Bertz CT molecular complexity index is 945. The van der Waals surface area contributed by atoms with E-state index in [1.807, 2.05) is 65.4 Å². The molecule has 0 bridgehead atoms. The summed E-state index contributed by atoms with van der Waals surface area (Å²) < 4.78 is 5.43. The van der Waals surface area contributed by atoms with Gasteiger partial charge in [-0.2, -0.15) is 0 Å². The van der Waals surface area contributed by atoms with Crippen LogP contribution >= 0.6 is 22.7 Å². The maximum absolute atomic E-state index is 13.1. The summed E-state index contributed by atoms with van der Waals surface area (Å²) in [7, 11) is 0. The molecular weight excluding hydrogens is 352 g/mol. The lowest BCUT2D eigenvalue weighted by molar-refractivity contribution is 0.0979. The molecule has 1 aromatic carbocycles. The lowest BCUT2D eigenvalue weighted by Gasteiger charge is -2.20. The molecule has 1 amide bonds. The predicted molar refractivity (Wildman–Crippen MR) is 101 cm³/mol. The van der Waals surface area contributed by atoms with Crippen LogP contribution in [-0.4, -0.2) is 10.9 Å². The van der Waals surface area contributed by atoms with Crippen LogP contribution < -0.4 is 4.90 Å². The van der Waals surface area contributed by atoms with Crippen molar-refractivity contribution in [3.8, 4) is 9.88 Å². The third-order valence-electron chi connectivity index (χ3n) is 3.66. The number of amides is 1. The van der Waals surface area contributed by atoms with Crippen LogP contribution in [0.25, 0.3) is 9.88 Å². The number of para-hydroxylation sites is 1. The number of anilines is 1. The van der Waals surface area contributed by atoms with Gasteiger partial charge in [0.2, 0.25) is 0 Å². The van der Waals surface area contributed by atoms with Crippen LogP contribution in [0.4, 0.5) is 5.69 Å². The van der Waals surface area contributed by atoms with Gasteiger partial charge in [-0.05, 0) is 35.7 Å². The molecule has 0 atom stereocenters. The number of thiazole rings is 1. The van der Waals surface area contributed by atoms with Gasteiger partial charge in [-0.1, -0.05) is 24.3 Å². The second-order valence-corrected chi connectivity index (χ2v) is 7.13. The van der Waals surface area contributed by atoms with Crippen LogP contribution in [0, 0.1) is 0 Å². The molecule has 0 spiro atoms. The lowest BCUT2D eigenvalue weighted by Crippen LogP contribution is -2.30. The Balaban J connectivity index is 1.65. The largest absolute Gasteiger partial charge is 0.467 e. The highest BCUT2D eigenvalue weighted by molar-refractivity contribution is 7.20. The summed E-state index contributed by atoms with van der Waals surface area (Å²) in [6, 6.07) is 17.2. The van der Waals surface area contributed by atoms with Crippen molar-refractivity contribution in [1.29, 1.82) is 0 Å². The van der Waals surface area contributed by atoms with E-state index < -0.39 is 0 Å². The number of carbonyl (C=O) groups is 1. The molecule has 25 heavy (non-hydrogen) atoms. The summed E-state index contributed by atoms with van der Waals surface area (Å²) in [5.74, 6) is 0.590. The standard InChI is InChI=1S/C19H14N2O2S2/c22-19(16-13-25-18(20-16)17-9-5-11-24-17)21(12-15-8-4-10-23-15)14-6-2-1-3-7-14/h1-11,13H,12H2. The van der Waals surface area contributed by atoms with E-state index >= 15 is 0 Å². The van der Waals surface area contributed by atoms with Crippen molar-refractivity contribution in [3.05, 3.63) is 83.1 Å². The number of benzene rings is 1. The van der Waals surface area contributed by atoms with E-state index in [1.54, 1.807) is 22.5 Å². The van der Waals surface area contributed by atoms with Crippen LogP contribution in [0.2, 0.25) is 0 Å². The molecule has 0 fully saturated rings. The summed E-state index contributed by atoms with van der Waals surface area (Å²) in [4.78, 5) is 20.4. The first-order valence-corrected chi connectivity index (χ1v) is 9.46. The van der Waals surface area contributed by atoms with Crippen molar-refractivity contribution in [2.24, 2.45) is 0 Å². The molecule has 4 nitrogen and oxygen atoms in total. The molecule has 124 valence electrons. The fraction of sp³-hybridized carbons (Fsp3) is 0.0526. The predicted octanol–water partition coefficient (Wildman–Crippen LogP) is 5.31. The number of nitrogens with zero attached hydrogens (tertiary/aromatic N) is 2. The maximum atomic E-state index is 13.1. The van der Waals surface area contributed by atoms with Crippen LogP contribution in [-0.2, 0) is 6.54 Å². The first-order valence-electron chi connectivity index (χ1n) is 7.70. The van der Waals surface area contributed by atoms with E-state index in [4.69, 9.17) is 4.42 Å². The van der Waals surface area contributed by atoms with Crippen molar-refractivity contribution < 1.29 is 9.21 Å². The zero-order valence-electron chi connectivity index (χ0n) is 13.2. The van der Waals surface area contributed by atoms with E-state index in [-0.39, 0.29) is 5.91 Å². The number of furan rings is 1. The number of carbonyl (C=O) groups excluding carboxylic acids is 1. The average Bonchev–Trinajstić information content (AvgIpc) is 3.42. The molecular formula is C19H14N2O2S2. The third kappa shape index (κ3) is 3.40. The second kappa shape index (κ2) is 7.04. The molecule has 0 N–H and O–H groups in total. The number of rotatable bonds is 5. The van der Waals surface area contributed by atoms with Gasteiger partial charge < -0.3 is 4.42 Å². The number of aromatic nitrogens is 1. The first kappa shape index (κ1) is 15.8. The third-order valence-corrected chi connectivity index (χ3v) is 5.54. The van der Waals surface area contributed by atoms with E-state index in [1.165, 1.54) is 11.3 Å². The fourth-order valence-electron chi connectivity index (χ4n) is 2.47. The minimum absolute atomic E-state index is 0.137. The summed E-state index contributed by atoms with van der Waals surface area (Å²) in [6.45, 7) is 0.363. The SMILES string of the molecule is O=C(c1csc(-c2cccs2)n1)N(Cc1ccco1)c1ccccc1. The Labute approximate surface area is 153 Å². The van der Waals surface area contributed by atoms with E-state index in [0.717, 1.165) is 21.3 Å². The summed E-state index contributed by atoms with van der Waals surface area (Å²) >= 11 is 3.10. The van der Waals surface area contributed by atoms with Crippen molar-refractivity contribution in [2.45, 2.75) is 6.54 Å². The van der Waals surface area contributed by atoms with Gasteiger partial charge in [0.25, 0.3) is 5.91 Å². The van der Waals surface area contributed by atoms with Crippen LogP contribution in [0.15, 0.2) is 76.0 Å². The average molecular weight is 366 g/mol. The quantitative estimate of drug-likeness (QED) is 0.481. The number of hydrogen-bond donors (Lipinski definition) is 0. The Hall–Kier alpha value is -2.70. The highest BCUT2D eigenvalue weighted by Crippen LogP contribution is 2.29. The molecule has 0 aliphatic carbocycles. The van der Waals surface area contributed by atoms with Crippen molar-refractivity contribution >= 4 is 34.3 Å². The van der Waals surface area contributed by atoms with Crippen molar-refractivity contribution in [2.75, 3.05) is 4.90 Å². The molecule has 0 aliphatic rings. The smallest absolute Gasteiger partial charge is 0.278 e. The van der Waals surface area contributed by atoms with Crippen LogP contribution in [0.1, 0.15) is 16.2 Å². The van der Waals surface area contributed by atoms with Gasteiger partial charge in [-0.3, -0.25) is 9.69 Å². The topological polar surface area (TPSA) is 46.3 Å². The van der Waals surface area contributed by atoms with E-state index in [9.17, 15) is 4.79 Å². The van der Waals surface area contributed by atoms with Gasteiger partial charge in [0.1, 0.15) is 16.5 Å². The lowest BCUT2D eigenvalue weighted by atomic mass is 10.2. The van der Waals surface area contributed by atoms with Gasteiger partial charge in [0.05, 0.1) is 17.7 Å². The van der Waals surface area contributed by atoms with Crippen LogP contribution in [0.3, 0.4) is 0 Å². The van der Waals surface area contributed by atoms with Gasteiger partial charge >= 0.3 is 0 Å². The molecule has 0 radical (unpaired) electrons. The summed E-state index contributed by atoms with van der Waals surface area (Å²) in [6.07, 6.45) is 1.61. The normalized spacial score (nSPS) is 10.7. The molecule has 0 saturated carbocycles. The van der Waals surface area contributed by atoms with Crippen molar-refractivity contribution in [3.63, 3.8) is 0 Å². The van der Waals surface area contributed by atoms with Gasteiger partial charge in [0, 0.05) is 11.1 Å². The highest BCUT2D eigenvalue weighted by atomic mass is 32.1. The number of thiophene rings is 1. The van der Waals surface area contributed by atoms with Gasteiger partial charge in [-0.15, -0.1) is 22.7 Å². The summed E-state index contributed by atoms with van der Waals surface area (Å²) in [5.41, 5.74) is 1.26. The Morgan fingerprint density at radius 2 is 1.92 bits per heavy atom. The van der Waals surface area contributed by atoms with E-state index in [2.05, 4.69) is 4.98 Å². The molecule has 0 saturated heterocycles. The van der Waals surface area contributed by atoms with E-state index in [0.29, 0.717) is 12.2 Å². The first-order chi connectivity index (χ1) is 12.3. The van der Waals surface area contributed by atoms with Crippen molar-refractivity contribution in [1.82, 2.24) is 4.98 Å². The highest BCUT2D eigenvalue weighted by Gasteiger charge is 2.22. The second-order valence-electron chi connectivity index (χ2n) is 5.32.